The number of halogens is 2. The van der Waals surface area contributed by atoms with Gasteiger partial charge in [-0.1, -0.05) is 11.6 Å². The second-order valence-electron chi connectivity index (χ2n) is 4.35. The van der Waals surface area contributed by atoms with Gasteiger partial charge in [-0.25, -0.2) is 4.39 Å². The van der Waals surface area contributed by atoms with Gasteiger partial charge in [0.25, 0.3) is 0 Å². The van der Waals surface area contributed by atoms with E-state index < -0.39 is 0 Å². The minimum Gasteiger partial charge on any atom is -0.356 e. The Bertz CT molecular complexity index is 562. The molecule has 2 nitrogen and oxygen atoms in total. The van der Waals surface area contributed by atoms with Crippen LogP contribution in [-0.2, 0) is 13.0 Å². The SMILES string of the molecule is CN1CCc2[nH]c3c(F)ccc(Cl)c3c2C1. The van der Waals surface area contributed by atoms with Crippen LogP contribution in [0.25, 0.3) is 10.9 Å². The number of nitrogens with zero attached hydrogens (tertiary/aromatic N) is 1. The van der Waals surface area contributed by atoms with Crippen molar-refractivity contribution in [2.24, 2.45) is 0 Å². The molecule has 0 unspecified atom stereocenters. The quantitative estimate of drug-likeness (QED) is 0.748. The summed E-state index contributed by atoms with van der Waals surface area (Å²) in [5.41, 5.74) is 2.82. The first kappa shape index (κ1) is 10.1. The van der Waals surface area contributed by atoms with Crippen LogP contribution in [0.15, 0.2) is 12.1 Å². The van der Waals surface area contributed by atoms with Crippen molar-refractivity contribution in [1.82, 2.24) is 9.88 Å². The Kier molecular flexibility index (Phi) is 2.19. The number of aromatic nitrogens is 1. The predicted molar refractivity (Wildman–Crippen MR) is 63.3 cm³/mol. The van der Waals surface area contributed by atoms with Gasteiger partial charge in [-0.15, -0.1) is 0 Å². The van der Waals surface area contributed by atoms with E-state index in [0.717, 1.165) is 36.2 Å². The van der Waals surface area contributed by atoms with Gasteiger partial charge in [-0.2, -0.15) is 0 Å². The lowest BCUT2D eigenvalue weighted by atomic mass is 10.1. The number of H-pyrrole nitrogens is 1. The molecule has 0 amide bonds. The average molecular weight is 239 g/mol. The second-order valence-corrected chi connectivity index (χ2v) is 4.76. The number of nitrogens with one attached hydrogen (secondary N) is 1. The van der Waals surface area contributed by atoms with Gasteiger partial charge in [-0.05, 0) is 24.7 Å². The highest BCUT2D eigenvalue weighted by atomic mass is 35.5. The molecule has 1 aromatic heterocycles. The summed E-state index contributed by atoms with van der Waals surface area (Å²) in [7, 11) is 2.06. The lowest BCUT2D eigenvalue weighted by Crippen LogP contribution is -2.26. The van der Waals surface area contributed by atoms with Gasteiger partial charge in [0, 0.05) is 30.6 Å². The Balaban J connectivity index is 2.34. The monoisotopic (exact) mass is 238 g/mol. The molecule has 0 aliphatic carbocycles. The molecule has 1 N–H and O–H groups in total. The van der Waals surface area contributed by atoms with Crippen molar-refractivity contribution in [2.45, 2.75) is 13.0 Å². The van der Waals surface area contributed by atoms with E-state index in [4.69, 9.17) is 11.6 Å². The second kappa shape index (κ2) is 3.47. The van der Waals surface area contributed by atoms with E-state index in [1.807, 2.05) is 0 Å². The normalized spacial score (nSPS) is 16.7. The largest absolute Gasteiger partial charge is 0.356 e. The fourth-order valence-electron chi connectivity index (χ4n) is 2.39. The van der Waals surface area contributed by atoms with Crippen LogP contribution >= 0.6 is 11.6 Å². The average Bonchev–Trinajstić information content (AvgIpc) is 2.63. The van der Waals surface area contributed by atoms with Gasteiger partial charge in [0.2, 0.25) is 0 Å². The number of benzene rings is 1. The number of fused-ring (bicyclic) bond motifs is 3. The summed E-state index contributed by atoms with van der Waals surface area (Å²) in [5.74, 6) is -0.226. The Morgan fingerprint density at radius 1 is 1.44 bits per heavy atom. The number of aromatic amines is 1. The van der Waals surface area contributed by atoms with Crippen molar-refractivity contribution in [1.29, 1.82) is 0 Å². The Morgan fingerprint density at radius 2 is 2.25 bits per heavy atom. The van der Waals surface area contributed by atoms with Crippen molar-refractivity contribution >= 4 is 22.5 Å². The van der Waals surface area contributed by atoms with Crippen molar-refractivity contribution in [3.63, 3.8) is 0 Å². The Hall–Kier alpha value is -1.06. The molecule has 2 aromatic rings. The maximum Gasteiger partial charge on any atom is 0.147 e. The maximum atomic E-state index is 13.6. The molecule has 1 aromatic carbocycles. The summed E-state index contributed by atoms with van der Waals surface area (Å²) >= 11 is 6.15. The summed E-state index contributed by atoms with van der Waals surface area (Å²) < 4.78 is 13.6. The summed E-state index contributed by atoms with van der Waals surface area (Å²) in [5, 5.41) is 1.48. The van der Waals surface area contributed by atoms with Gasteiger partial charge in [0.15, 0.2) is 0 Å². The summed E-state index contributed by atoms with van der Waals surface area (Å²) in [6.07, 6.45) is 0.927. The molecule has 0 atom stereocenters. The minimum absolute atomic E-state index is 0.226. The first-order valence-electron chi connectivity index (χ1n) is 5.33. The number of hydrogen-bond acceptors (Lipinski definition) is 1. The van der Waals surface area contributed by atoms with E-state index in [2.05, 4.69) is 16.9 Å². The molecule has 1 aliphatic heterocycles. The first-order chi connectivity index (χ1) is 7.66. The van der Waals surface area contributed by atoms with Crippen LogP contribution in [0.1, 0.15) is 11.3 Å². The highest BCUT2D eigenvalue weighted by Crippen LogP contribution is 2.33. The zero-order valence-electron chi connectivity index (χ0n) is 8.98. The van der Waals surface area contributed by atoms with Crippen LogP contribution < -0.4 is 0 Å². The molecule has 1 aliphatic rings. The van der Waals surface area contributed by atoms with Gasteiger partial charge in [0.05, 0.1) is 10.5 Å². The molecule has 2 heterocycles. The number of likely N-dealkylation sites (N-methyl/N-ethyl adjacent to an activating group) is 1. The number of hydrogen-bond donors (Lipinski definition) is 1. The van der Waals surface area contributed by atoms with Crippen LogP contribution in [0.5, 0.6) is 0 Å². The van der Waals surface area contributed by atoms with Crippen LogP contribution in [0, 0.1) is 5.82 Å². The summed E-state index contributed by atoms with van der Waals surface area (Å²) in [4.78, 5) is 5.38. The molecular weight excluding hydrogens is 227 g/mol. The lowest BCUT2D eigenvalue weighted by molar-refractivity contribution is 0.313. The van der Waals surface area contributed by atoms with E-state index in [1.165, 1.54) is 6.07 Å². The molecule has 0 saturated heterocycles. The van der Waals surface area contributed by atoms with E-state index in [9.17, 15) is 4.39 Å². The van der Waals surface area contributed by atoms with Gasteiger partial charge in [-0.3, -0.25) is 0 Å². The fourth-order valence-corrected chi connectivity index (χ4v) is 2.66. The number of rotatable bonds is 0. The molecule has 0 fully saturated rings. The van der Waals surface area contributed by atoms with E-state index in [-0.39, 0.29) is 5.82 Å². The molecule has 0 radical (unpaired) electrons. The van der Waals surface area contributed by atoms with Crippen molar-refractivity contribution in [3.05, 3.63) is 34.2 Å². The van der Waals surface area contributed by atoms with Crippen LogP contribution in [0.2, 0.25) is 5.02 Å². The molecule has 4 heteroatoms. The van der Waals surface area contributed by atoms with Crippen molar-refractivity contribution in [2.75, 3.05) is 13.6 Å². The molecular formula is C12H12ClFN2. The molecule has 3 rings (SSSR count). The van der Waals surface area contributed by atoms with Gasteiger partial charge in [0.1, 0.15) is 5.82 Å². The Morgan fingerprint density at radius 3 is 3.06 bits per heavy atom. The third kappa shape index (κ3) is 1.35. The van der Waals surface area contributed by atoms with E-state index in [0.29, 0.717) is 10.5 Å². The highest BCUT2D eigenvalue weighted by Gasteiger charge is 2.21. The topological polar surface area (TPSA) is 19.0 Å². The molecule has 16 heavy (non-hydrogen) atoms. The third-order valence-electron chi connectivity index (χ3n) is 3.22. The third-order valence-corrected chi connectivity index (χ3v) is 3.53. The fraction of sp³-hybridized carbons (Fsp3) is 0.333. The van der Waals surface area contributed by atoms with E-state index in [1.54, 1.807) is 6.07 Å². The van der Waals surface area contributed by atoms with E-state index >= 15 is 0 Å². The van der Waals surface area contributed by atoms with Crippen LogP contribution in [0.4, 0.5) is 4.39 Å². The zero-order chi connectivity index (χ0) is 11.3. The molecule has 0 bridgehead atoms. The first-order valence-corrected chi connectivity index (χ1v) is 5.70. The standard InChI is InChI=1S/C12H12ClFN2/c1-16-5-4-10-7(6-16)11-8(13)2-3-9(14)12(11)15-10/h2-3,15H,4-6H2,1H3. The van der Waals surface area contributed by atoms with Crippen molar-refractivity contribution < 1.29 is 4.39 Å². The minimum atomic E-state index is -0.226. The van der Waals surface area contributed by atoms with Gasteiger partial charge < -0.3 is 9.88 Å². The maximum absolute atomic E-state index is 13.6. The zero-order valence-corrected chi connectivity index (χ0v) is 9.74. The highest BCUT2D eigenvalue weighted by molar-refractivity contribution is 6.35. The smallest absolute Gasteiger partial charge is 0.147 e. The van der Waals surface area contributed by atoms with Crippen LogP contribution in [-0.4, -0.2) is 23.5 Å². The lowest BCUT2D eigenvalue weighted by Gasteiger charge is -2.22. The molecule has 0 saturated carbocycles. The Labute approximate surface area is 98.0 Å². The molecule has 0 spiro atoms. The van der Waals surface area contributed by atoms with Crippen LogP contribution in [0.3, 0.4) is 0 Å². The van der Waals surface area contributed by atoms with Crippen molar-refractivity contribution in [3.8, 4) is 0 Å². The summed E-state index contributed by atoms with van der Waals surface area (Å²) in [6, 6.07) is 3.04. The predicted octanol–water partition coefficient (Wildman–Crippen LogP) is 2.95. The molecule has 84 valence electrons. The summed E-state index contributed by atoms with van der Waals surface area (Å²) in [6.45, 7) is 1.83. The van der Waals surface area contributed by atoms with Gasteiger partial charge >= 0.3 is 0 Å².